The molecule has 3 aromatic rings. The first kappa shape index (κ1) is 12.3. The summed E-state index contributed by atoms with van der Waals surface area (Å²) in [7, 11) is 1.82. The van der Waals surface area contributed by atoms with Crippen LogP contribution >= 0.6 is 0 Å². The maximum atomic E-state index is 4.49. The van der Waals surface area contributed by atoms with Gasteiger partial charge in [0.1, 0.15) is 5.82 Å². The van der Waals surface area contributed by atoms with Crippen molar-refractivity contribution in [3.05, 3.63) is 54.4 Å². The Morgan fingerprint density at radius 2 is 1.80 bits per heavy atom. The second-order valence-electron chi connectivity index (χ2n) is 4.37. The molecule has 0 aliphatic carbocycles. The fourth-order valence-electron chi connectivity index (χ4n) is 2.01. The Kier molecular flexibility index (Phi) is 3.41. The topological polar surface area (TPSA) is 62.7 Å². The number of aromatic nitrogens is 3. The van der Waals surface area contributed by atoms with Crippen LogP contribution in [0.3, 0.4) is 0 Å². The van der Waals surface area contributed by atoms with Crippen molar-refractivity contribution in [1.82, 2.24) is 15.0 Å². The predicted octanol–water partition coefficient (Wildman–Crippen LogP) is 2.68. The number of pyridine rings is 1. The number of anilines is 2. The van der Waals surface area contributed by atoms with E-state index in [1.807, 2.05) is 43.4 Å². The van der Waals surface area contributed by atoms with Crippen LogP contribution in [0.25, 0.3) is 10.9 Å². The number of fused-ring (bicyclic) bond motifs is 1. The first-order valence-electron chi connectivity index (χ1n) is 6.44. The van der Waals surface area contributed by atoms with Crippen molar-refractivity contribution in [3.63, 3.8) is 0 Å². The van der Waals surface area contributed by atoms with Crippen molar-refractivity contribution in [2.75, 3.05) is 17.7 Å². The van der Waals surface area contributed by atoms with Crippen LogP contribution < -0.4 is 10.6 Å². The van der Waals surface area contributed by atoms with Crippen molar-refractivity contribution < 1.29 is 0 Å². The highest BCUT2D eigenvalue weighted by Crippen LogP contribution is 2.22. The molecule has 0 bridgehead atoms. The Hall–Kier alpha value is -2.69. The SMILES string of the molecule is CNc1nc(NCc2ccncc2)c2ccccc2n1. The highest BCUT2D eigenvalue weighted by molar-refractivity contribution is 5.89. The normalized spacial score (nSPS) is 10.4. The lowest BCUT2D eigenvalue weighted by atomic mass is 10.2. The molecule has 0 aliphatic rings. The maximum absolute atomic E-state index is 4.49. The summed E-state index contributed by atoms with van der Waals surface area (Å²) < 4.78 is 0. The molecule has 2 aromatic heterocycles. The number of hydrogen-bond donors (Lipinski definition) is 2. The summed E-state index contributed by atoms with van der Waals surface area (Å²) in [5, 5.41) is 7.36. The average Bonchev–Trinajstić information content (AvgIpc) is 2.53. The van der Waals surface area contributed by atoms with E-state index in [0.29, 0.717) is 12.5 Å². The Labute approximate surface area is 117 Å². The van der Waals surface area contributed by atoms with Crippen LogP contribution in [-0.2, 0) is 6.54 Å². The van der Waals surface area contributed by atoms with E-state index in [1.54, 1.807) is 12.4 Å². The van der Waals surface area contributed by atoms with E-state index in [9.17, 15) is 0 Å². The molecule has 100 valence electrons. The number of hydrogen-bond acceptors (Lipinski definition) is 5. The smallest absolute Gasteiger partial charge is 0.224 e. The molecular formula is C15H15N5. The molecule has 20 heavy (non-hydrogen) atoms. The lowest BCUT2D eigenvalue weighted by molar-refractivity contribution is 1.09. The first-order chi connectivity index (χ1) is 9.86. The summed E-state index contributed by atoms with van der Waals surface area (Å²) >= 11 is 0. The van der Waals surface area contributed by atoms with Gasteiger partial charge in [-0.25, -0.2) is 4.98 Å². The quantitative estimate of drug-likeness (QED) is 0.759. The highest BCUT2D eigenvalue weighted by Gasteiger charge is 2.06. The molecular weight excluding hydrogens is 250 g/mol. The van der Waals surface area contributed by atoms with Gasteiger partial charge in [0, 0.05) is 31.4 Å². The molecule has 2 heterocycles. The molecule has 0 saturated carbocycles. The van der Waals surface area contributed by atoms with Crippen molar-refractivity contribution in [2.24, 2.45) is 0 Å². The minimum absolute atomic E-state index is 0.612. The first-order valence-corrected chi connectivity index (χ1v) is 6.44. The van der Waals surface area contributed by atoms with Gasteiger partial charge in [-0.2, -0.15) is 4.98 Å². The van der Waals surface area contributed by atoms with E-state index < -0.39 is 0 Å². The molecule has 0 atom stereocenters. The molecule has 3 rings (SSSR count). The number of para-hydroxylation sites is 1. The molecule has 0 saturated heterocycles. The largest absolute Gasteiger partial charge is 0.365 e. The van der Waals surface area contributed by atoms with Gasteiger partial charge in [-0.05, 0) is 29.8 Å². The molecule has 0 radical (unpaired) electrons. The van der Waals surface area contributed by atoms with Crippen LogP contribution in [0.2, 0.25) is 0 Å². The summed E-state index contributed by atoms with van der Waals surface area (Å²) in [6, 6.07) is 11.9. The third-order valence-electron chi connectivity index (χ3n) is 3.04. The Morgan fingerprint density at radius 1 is 1.00 bits per heavy atom. The van der Waals surface area contributed by atoms with Gasteiger partial charge in [-0.1, -0.05) is 12.1 Å². The van der Waals surface area contributed by atoms with Crippen LogP contribution in [0, 0.1) is 0 Å². The summed E-state index contributed by atoms with van der Waals surface area (Å²) in [5.41, 5.74) is 2.08. The average molecular weight is 265 g/mol. The van der Waals surface area contributed by atoms with Crippen LogP contribution in [0.1, 0.15) is 5.56 Å². The Balaban J connectivity index is 1.93. The van der Waals surface area contributed by atoms with Gasteiger partial charge >= 0.3 is 0 Å². The molecule has 0 amide bonds. The second-order valence-corrected chi connectivity index (χ2v) is 4.37. The van der Waals surface area contributed by atoms with Gasteiger partial charge in [0.05, 0.1) is 5.52 Å². The summed E-state index contributed by atoms with van der Waals surface area (Å²) in [4.78, 5) is 12.9. The monoisotopic (exact) mass is 265 g/mol. The van der Waals surface area contributed by atoms with Crippen LogP contribution in [0.4, 0.5) is 11.8 Å². The van der Waals surface area contributed by atoms with E-state index in [-0.39, 0.29) is 0 Å². The van der Waals surface area contributed by atoms with E-state index in [4.69, 9.17) is 0 Å². The molecule has 5 heteroatoms. The molecule has 2 N–H and O–H groups in total. The van der Waals surface area contributed by atoms with Crippen molar-refractivity contribution in [2.45, 2.75) is 6.54 Å². The fraction of sp³-hybridized carbons (Fsp3) is 0.133. The summed E-state index contributed by atoms with van der Waals surface area (Å²) in [5.74, 6) is 1.44. The number of rotatable bonds is 4. The van der Waals surface area contributed by atoms with Gasteiger partial charge in [-0.3, -0.25) is 4.98 Å². The molecule has 0 aliphatic heterocycles. The fourth-order valence-corrected chi connectivity index (χ4v) is 2.01. The van der Waals surface area contributed by atoms with Gasteiger partial charge in [-0.15, -0.1) is 0 Å². The molecule has 0 fully saturated rings. The number of nitrogens with one attached hydrogen (secondary N) is 2. The van der Waals surface area contributed by atoms with Gasteiger partial charge in [0.2, 0.25) is 5.95 Å². The van der Waals surface area contributed by atoms with Crippen molar-refractivity contribution in [1.29, 1.82) is 0 Å². The van der Waals surface area contributed by atoms with Gasteiger partial charge in [0.15, 0.2) is 0 Å². The van der Waals surface area contributed by atoms with Crippen LogP contribution in [-0.4, -0.2) is 22.0 Å². The lowest BCUT2D eigenvalue weighted by Gasteiger charge is -2.10. The van der Waals surface area contributed by atoms with E-state index in [2.05, 4.69) is 25.6 Å². The number of benzene rings is 1. The summed E-state index contributed by atoms with van der Waals surface area (Å²) in [6.07, 6.45) is 3.57. The standard InChI is InChI=1S/C15H15N5/c1-16-15-19-13-5-3-2-4-12(13)14(20-15)18-10-11-6-8-17-9-7-11/h2-9H,10H2,1H3,(H2,16,18,19,20). The van der Waals surface area contributed by atoms with Gasteiger partial charge < -0.3 is 10.6 Å². The zero-order valence-electron chi connectivity index (χ0n) is 11.2. The van der Waals surface area contributed by atoms with E-state index in [1.165, 1.54) is 0 Å². The molecule has 1 aromatic carbocycles. The van der Waals surface area contributed by atoms with E-state index >= 15 is 0 Å². The highest BCUT2D eigenvalue weighted by atomic mass is 15.1. The zero-order chi connectivity index (χ0) is 13.8. The third kappa shape index (κ3) is 2.51. The molecule has 0 spiro atoms. The molecule has 5 nitrogen and oxygen atoms in total. The lowest BCUT2D eigenvalue weighted by Crippen LogP contribution is -2.05. The predicted molar refractivity (Wildman–Crippen MR) is 80.6 cm³/mol. The van der Waals surface area contributed by atoms with Crippen LogP contribution in [0.15, 0.2) is 48.8 Å². The number of nitrogens with zero attached hydrogens (tertiary/aromatic N) is 3. The second kappa shape index (κ2) is 5.52. The minimum Gasteiger partial charge on any atom is -0.365 e. The van der Waals surface area contributed by atoms with Crippen molar-refractivity contribution in [3.8, 4) is 0 Å². The minimum atomic E-state index is 0.612. The molecule has 0 unspecified atom stereocenters. The summed E-state index contributed by atoms with van der Waals surface area (Å²) in [6.45, 7) is 0.701. The van der Waals surface area contributed by atoms with E-state index in [0.717, 1.165) is 22.3 Å². The van der Waals surface area contributed by atoms with Gasteiger partial charge in [0.25, 0.3) is 0 Å². The van der Waals surface area contributed by atoms with Crippen molar-refractivity contribution >= 4 is 22.7 Å². The zero-order valence-corrected chi connectivity index (χ0v) is 11.2. The third-order valence-corrected chi connectivity index (χ3v) is 3.04. The Morgan fingerprint density at radius 3 is 2.60 bits per heavy atom. The maximum Gasteiger partial charge on any atom is 0.224 e. The van der Waals surface area contributed by atoms with Crippen LogP contribution in [0.5, 0.6) is 0 Å². The Bertz CT molecular complexity index is 712.